The molecular formula is C26H23ClN2O. The average molecular weight is 415 g/mol. The van der Waals surface area contributed by atoms with Crippen LogP contribution in [-0.2, 0) is 11.8 Å². The number of rotatable bonds is 1. The Hall–Kier alpha value is -2.78. The highest BCUT2D eigenvalue weighted by molar-refractivity contribution is 6.33. The van der Waals surface area contributed by atoms with E-state index in [0.717, 1.165) is 50.8 Å². The van der Waals surface area contributed by atoms with Gasteiger partial charge in [0.1, 0.15) is 11.4 Å². The van der Waals surface area contributed by atoms with E-state index in [2.05, 4.69) is 37.9 Å². The maximum atomic E-state index is 6.51. The summed E-state index contributed by atoms with van der Waals surface area (Å²) in [6.45, 7) is 6.79. The normalized spacial score (nSPS) is 15.9. The molecule has 0 spiro atoms. The van der Waals surface area contributed by atoms with Crippen LogP contribution in [0.5, 0.6) is 0 Å². The molecule has 2 aromatic heterocycles. The van der Waals surface area contributed by atoms with Crippen molar-refractivity contribution in [1.29, 1.82) is 0 Å². The molecule has 0 amide bonds. The number of hydrogen-bond acceptors (Lipinski definition) is 2. The van der Waals surface area contributed by atoms with Gasteiger partial charge < -0.3 is 9.40 Å². The summed E-state index contributed by atoms with van der Waals surface area (Å²) >= 11 is 6.51. The number of fused-ring (bicyclic) bond motifs is 8. The first-order valence-corrected chi connectivity index (χ1v) is 10.9. The topological polar surface area (TPSA) is 41.8 Å². The molecule has 0 bridgehead atoms. The number of benzene rings is 3. The van der Waals surface area contributed by atoms with Crippen LogP contribution in [0, 0.1) is 6.92 Å². The minimum atomic E-state index is 0.171. The number of halogens is 1. The van der Waals surface area contributed by atoms with Crippen molar-refractivity contribution in [3.05, 3.63) is 64.4 Å². The SMILES string of the molecule is Cc1coc2c3ccc4c(c3c3nc(-c5ccccc5Cl)[nH]c3c12)CCCC4(C)C. The van der Waals surface area contributed by atoms with Gasteiger partial charge in [0, 0.05) is 21.7 Å². The number of furan rings is 1. The molecule has 1 aliphatic carbocycles. The molecule has 0 fully saturated rings. The molecule has 0 saturated carbocycles. The molecule has 0 atom stereocenters. The van der Waals surface area contributed by atoms with E-state index in [1.54, 1.807) is 0 Å². The van der Waals surface area contributed by atoms with E-state index in [4.69, 9.17) is 21.0 Å². The Kier molecular flexibility index (Phi) is 3.67. The van der Waals surface area contributed by atoms with E-state index in [-0.39, 0.29) is 5.41 Å². The van der Waals surface area contributed by atoms with E-state index < -0.39 is 0 Å². The van der Waals surface area contributed by atoms with E-state index in [1.165, 1.54) is 29.4 Å². The summed E-state index contributed by atoms with van der Waals surface area (Å²) in [6.07, 6.45) is 5.33. The van der Waals surface area contributed by atoms with Gasteiger partial charge in [-0.3, -0.25) is 0 Å². The first-order chi connectivity index (χ1) is 14.5. The Morgan fingerprint density at radius 1 is 1.10 bits per heavy atom. The van der Waals surface area contributed by atoms with Crippen molar-refractivity contribution < 1.29 is 4.42 Å². The maximum Gasteiger partial charge on any atom is 0.144 e. The minimum Gasteiger partial charge on any atom is -0.463 e. The third kappa shape index (κ3) is 2.36. The number of aromatic nitrogens is 2. The van der Waals surface area contributed by atoms with Crippen LogP contribution in [-0.4, -0.2) is 9.97 Å². The molecule has 2 heterocycles. The number of H-pyrrole nitrogens is 1. The van der Waals surface area contributed by atoms with E-state index in [0.29, 0.717) is 5.02 Å². The largest absolute Gasteiger partial charge is 0.463 e. The zero-order valence-corrected chi connectivity index (χ0v) is 18.2. The highest BCUT2D eigenvalue weighted by Gasteiger charge is 2.30. The Morgan fingerprint density at radius 3 is 2.77 bits per heavy atom. The lowest BCUT2D eigenvalue weighted by atomic mass is 9.71. The third-order valence-electron chi connectivity index (χ3n) is 6.81. The van der Waals surface area contributed by atoms with Crippen molar-refractivity contribution in [2.45, 2.75) is 45.4 Å². The van der Waals surface area contributed by atoms with Crippen molar-refractivity contribution in [2.24, 2.45) is 0 Å². The molecule has 0 saturated heterocycles. The Labute approximate surface area is 180 Å². The predicted molar refractivity (Wildman–Crippen MR) is 125 cm³/mol. The van der Waals surface area contributed by atoms with Crippen LogP contribution in [0.25, 0.3) is 44.2 Å². The molecule has 4 heteroatoms. The Balaban J connectivity index is 1.82. The van der Waals surface area contributed by atoms with Gasteiger partial charge in [0.2, 0.25) is 0 Å². The first kappa shape index (κ1) is 18.0. The number of aryl methyl sites for hydroxylation is 2. The molecule has 30 heavy (non-hydrogen) atoms. The lowest BCUT2D eigenvalue weighted by molar-refractivity contribution is 0.433. The second kappa shape index (κ2) is 6.12. The second-order valence-corrected chi connectivity index (χ2v) is 9.57. The van der Waals surface area contributed by atoms with Crippen LogP contribution in [0.4, 0.5) is 0 Å². The van der Waals surface area contributed by atoms with Gasteiger partial charge in [-0.15, -0.1) is 0 Å². The molecule has 6 rings (SSSR count). The second-order valence-electron chi connectivity index (χ2n) is 9.16. The molecule has 0 unspecified atom stereocenters. The van der Waals surface area contributed by atoms with Crippen molar-refractivity contribution in [3.8, 4) is 11.4 Å². The molecule has 1 N–H and O–H groups in total. The number of imidazole rings is 1. The third-order valence-corrected chi connectivity index (χ3v) is 7.14. The van der Waals surface area contributed by atoms with Gasteiger partial charge in [-0.2, -0.15) is 0 Å². The maximum absolute atomic E-state index is 6.51. The summed E-state index contributed by atoms with van der Waals surface area (Å²) in [4.78, 5) is 8.70. The van der Waals surface area contributed by atoms with Crippen LogP contribution < -0.4 is 0 Å². The first-order valence-electron chi connectivity index (χ1n) is 10.6. The summed E-state index contributed by atoms with van der Waals surface area (Å²) in [6, 6.07) is 12.4. The minimum absolute atomic E-state index is 0.171. The quantitative estimate of drug-likeness (QED) is 0.305. The summed E-state index contributed by atoms with van der Waals surface area (Å²) in [5.74, 6) is 0.803. The average Bonchev–Trinajstić information content (AvgIpc) is 3.31. The van der Waals surface area contributed by atoms with Crippen LogP contribution in [0.15, 0.2) is 47.1 Å². The van der Waals surface area contributed by atoms with Crippen molar-refractivity contribution in [1.82, 2.24) is 9.97 Å². The molecule has 5 aromatic rings. The van der Waals surface area contributed by atoms with Gasteiger partial charge >= 0.3 is 0 Å². The number of nitrogens with zero attached hydrogens (tertiary/aromatic N) is 1. The molecule has 1 aliphatic rings. The molecular weight excluding hydrogens is 392 g/mol. The van der Waals surface area contributed by atoms with Crippen molar-refractivity contribution in [3.63, 3.8) is 0 Å². The zero-order valence-electron chi connectivity index (χ0n) is 17.4. The smallest absolute Gasteiger partial charge is 0.144 e. The molecule has 0 aliphatic heterocycles. The zero-order chi connectivity index (χ0) is 20.6. The van der Waals surface area contributed by atoms with Gasteiger partial charge in [0.15, 0.2) is 0 Å². The fraction of sp³-hybridized carbons (Fsp3) is 0.269. The highest BCUT2D eigenvalue weighted by atomic mass is 35.5. The van der Waals surface area contributed by atoms with Gasteiger partial charge in [-0.25, -0.2) is 4.98 Å². The van der Waals surface area contributed by atoms with Gasteiger partial charge in [0.25, 0.3) is 0 Å². The van der Waals surface area contributed by atoms with Crippen LogP contribution >= 0.6 is 11.6 Å². The van der Waals surface area contributed by atoms with Gasteiger partial charge in [0.05, 0.1) is 22.3 Å². The van der Waals surface area contributed by atoms with Gasteiger partial charge in [-0.1, -0.05) is 49.7 Å². The van der Waals surface area contributed by atoms with Crippen LogP contribution in [0.1, 0.15) is 43.4 Å². The number of nitrogens with one attached hydrogen (secondary N) is 1. The van der Waals surface area contributed by atoms with Crippen LogP contribution in [0.2, 0.25) is 5.02 Å². The fourth-order valence-electron chi connectivity index (χ4n) is 5.31. The van der Waals surface area contributed by atoms with Gasteiger partial charge in [-0.05, 0) is 60.4 Å². The number of aromatic amines is 1. The summed E-state index contributed by atoms with van der Waals surface area (Å²) < 4.78 is 6.08. The Morgan fingerprint density at radius 2 is 1.93 bits per heavy atom. The molecule has 3 aromatic carbocycles. The standard InChI is InChI=1S/C26H23ClN2O/c1-14-13-30-24-17-10-11-18-15(8-6-12-26(18,2)3)21(17)23-22(20(14)24)28-25(29-23)16-7-4-5-9-19(16)27/h4-5,7,9-11,13H,6,8,12H2,1-3H3,(H,28,29). The Bertz CT molecular complexity index is 1470. The highest BCUT2D eigenvalue weighted by Crippen LogP contribution is 2.45. The van der Waals surface area contributed by atoms with Crippen molar-refractivity contribution >= 4 is 44.4 Å². The lowest BCUT2D eigenvalue weighted by Crippen LogP contribution is -2.23. The van der Waals surface area contributed by atoms with E-state index in [1.807, 2.05) is 30.5 Å². The fourth-order valence-corrected chi connectivity index (χ4v) is 5.54. The number of hydrogen-bond donors (Lipinski definition) is 1. The van der Waals surface area contributed by atoms with Crippen LogP contribution in [0.3, 0.4) is 0 Å². The summed E-state index contributed by atoms with van der Waals surface area (Å²) in [5, 5.41) is 4.19. The van der Waals surface area contributed by atoms with Crippen molar-refractivity contribution in [2.75, 3.05) is 0 Å². The molecule has 3 nitrogen and oxygen atoms in total. The molecule has 0 radical (unpaired) electrons. The predicted octanol–water partition coefficient (Wildman–Crippen LogP) is 7.71. The summed E-state index contributed by atoms with van der Waals surface area (Å²) in [5.41, 5.74) is 8.06. The van der Waals surface area contributed by atoms with E-state index in [9.17, 15) is 0 Å². The monoisotopic (exact) mass is 414 g/mol. The summed E-state index contributed by atoms with van der Waals surface area (Å²) in [7, 11) is 0. The lowest BCUT2D eigenvalue weighted by Gasteiger charge is -2.33. The molecule has 150 valence electrons. The van der Waals surface area contributed by atoms with E-state index >= 15 is 0 Å².